The van der Waals surface area contributed by atoms with Gasteiger partial charge in [-0.2, -0.15) is 0 Å². The predicted octanol–water partition coefficient (Wildman–Crippen LogP) is 2.41. The Morgan fingerprint density at radius 3 is 2.67 bits per heavy atom. The average molecular weight is 306 g/mol. The van der Waals surface area contributed by atoms with Gasteiger partial charge in [-0.25, -0.2) is 9.48 Å². The van der Waals surface area contributed by atoms with Gasteiger partial charge >= 0.3 is 5.97 Å². The number of esters is 1. The maximum Gasteiger partial charge on any atom is 0.337 e. The lowest BCUT2D eigenvalue weighted by Crippen LogP contribution is -2.07. The minimum atomic E-state index is -0.324. The van der Waals surface area contributed by atoms with E-state index in [1.807, 2.05) is 16.8 Å². The zero-order valence-corrected chi connectivity index (χ0v) is 13.1. The minimum Gasteiger partial charge on any atom is -0.465 e. The van der Waals surface area contributed by atoms with Gasteiger partial charge in [0.15, 0.2) is 0 Å². The molecule has 0 aliphatic carbocycles. The molecule has 0 saturated heterocycles. The van der Waals surface area contributed by atoms with Gasteiger partial charge in [-0.3, -0.25) is 0 Å². The smallest absolute Gasteiger partial charge is 0.337 e. The zero-order chi connectivity index (χ0) is 15.2. The van der Waals surface area contributed by atoms with Crippen LogP contribution in [0.4, 0.5) is 0 Å². The number of rotatable bonds is 6. The fraction of sp³-hybridized carbons (Fsp3) is 0.429. The maximum atomic E-state index is 11.4. The number of hydrogen-bond donors (Lipinski definition) is 0. The van der Waals surface area contributed by atoms with Crippen LogP contribution in [0.2, 0.25) is 0 Å². The topological polar surface area (TPSA) is 69.9 Å². The Hall–Kier alpha value is -1.89. The highest BCUT2D eigenvalue weighted by atomic mass is 32.2. The van der Waals surface area contributed by atoms with Crippen molar-refractivity contribution in [2.75, 3.05) is 7.11 Å². The van der Waals surface area contributed by atoms with Gasteiger partial charge in [0.1, 0.15) is 0 Å². The molecule has 0 amide bonds. The molecule has 0 radical (unpaired) electrons. The molecule has 1 heterocycles. The predicted molar refractivity (Wildman–Crippen MR) is 80.0 cm³/mol. The lowest BCUT2D eigenvalue weighted by atomic mass is 10.1. The van der Waals surface area contributed by atoms with Crippen molar-refractivity contribution in [3.8, 4) is 0 Å². The van der Waals surface area contributed by atoms with E-state index in [2.05, 4.69) is 34.1 Å². The third-order valence-corrected chi connectivity index (χ3v) is 3.81. The molecule has 0 saturated carbocycles. The molecule has 6 nitrogen and oxygen atoms in total. The van der Waals surface area contributed by atoms with Crippen LogP contribution in [0.15, 0.2) is 29.4 Å². The first-order chi connectivity index (χ1) is 10.1. The molecule has 0 aliphatic rings. The van der Waals surface area contributed by atoms with Crippen LogP contribution >= 0.6 is 11.8 Å². The van der Waals surface area contributed by atoms with Crippen molar-refractivity contribution in [3.05, 3.63) is 35.4 Å². The third-order valence-electron chi connectivity index (χ3n) is 2.78. The van der Waals surface area contributed by atoms with Gasteiger partial charge < -0.3 is 4.74 Å². The largest absolute Gasteiger partial charge is 0.465 e. The molecule has 2 aromatic rings. The van der Waals surface area contributed by atoms with E-state index in [0.717, 1.165) is 23.0 Å². The van der Waals surface area contributed by atoms with E-state index in [0.29, 0.717) is 11.5 Å². The summed E-state index contributed by atoms with van der Waals surface area (Å²) < 4.78 is 6.49. The standard InChI is InChI=1S/C14H18N4O2S/c1-10(2)8-18-14(15-16-17-18)21-9-11-4-6-12(7-5-11)13(19)20-3/h4-7,10H,8-9H2,1-3H3. The third kappa shape index (κ3) is 4.29. The summed E-state index contributed by atoms with van der Waals surface area (Å²) in [7, 11) is 1.38. The van der Waals surface area contributed by atoms with Crippen molar-refractivity contribution in [1.29, 1.82) is 0 Å². The lowest BCUT2D eigenvalue weighted by Gasteiger charge is -2.07. The summed E-state index contributed by atoms with van der Waals surface area (Å²) in [6.45, 7) is 5.06. The first-order valence-corrected chi connectivity index (χ1v) is 7.65. The van der Waals surface area contributed by atoms with Gasteiger partial charge in [0.25, 0.3) is 0 Å². The average Bonchev–Trinajstić information content (AvgIpc) is 2.91. The number of ether oxygens (including phenoxy) is 1. The molecule has 0 N–H and O–H groups in total. The summed E-state index contributed by atoms with van der Waals surface area (Å²) in [5, 5.41) is 12.5. The molecular weight excluding hydrogens is 288 g/mol. The van der Waals surface area contributed by atoms with Gasteiger partial charge in [-0.15, -0.1) is 5.10 Å². The Balaban J connectivity index is 1.97. The van der Waals surface area contributed by atoms with Gasteiger partial charge in [0.05, 0.1) is 12.7 Å². The van der Waals surface area contributed by atoms with Crippen molar-refractivity contribution in [1.82, 2.24) is 20.2 Å². The highest BCUT2D eigenvalue weighted by molar-refractivity contribution is 7.98. The Morgan fingerprint density at radius 1 is 1.33 bits per heavy atom. The van der Waals surface area contributed by atoms with Crippen LogP contribution < -0.4 is 0 Å². The number of benzene rings is 1. The summed E-state index contributed by atoms with van der Waals surface area (Å²) in [5.74, 6) is 0.919. The van der Waals surface area contributed by atoms with Gasteiger partial charge in [0.2, 0.25) is 5.16 Å². The van der Waals surface area contributed by atoms with Crippen LogP contribution in [0.3, 0.4) is 0 Å². The maximum absolute atomic E-state index is 11.4. The Morgan fingerprint density at radius 2 is 2.05 bits per heavy atom. The molecule has 112 valence electrons. The molecule has 0 fully saturated rings. The van der Waals surface area contributed by atoms with Crippen molar-refractivity contribution < 1.29 is 9.53 Å². The number of aromatic nitrogens is 4. The van der Waals surface area contributed by atoms with Gasteiger partial charge in [0, 0.05) is 12.3 Å². The van der Waals surface area contributed by atoms with E-state index in [1.54, 1.807) is 23.9 Å². The van der Waals surface area contributed by atoms with Crippen molar-refractivity contribution in [2.24, 2.45) is 5.92 Å². The second kappa shape index (κ2) is 7.21. The highest BCUT2D eigenvalue weighted by Gasteiger charge is 2.09. The Bertz CT molecular complexity index is 595. The number of nitrogens with zero attached hydrogens (tertiary/aromatic N) is 4. The number of hydrogen-bond acceptors (Lipinski definition) is 6. The van der Waals surface area contributed by atoms with Gasteiger partial charge in [-0.05, 0) is 34.0 Å². The summed E-state index contributed by atoms with van der Waals surface area (Å²) in [4.78, 5) is 11.4. The van der Waals surface area contributed by atoms with Crippen molar-refractivity contribution in [3.63, 3.8) is 0 Å². The Labute approximate surface area is 127 Å². The summed E-state index contributed by atoms with van der Waals surface area (Å²) in [6.07, 6.45) is 0. The first-order valence-electron chi connectivity index (χ1n) is 6.66. The van der Waals surface area contributed by atoms with Crippen LogP contribution in [-0.4, -0.2) is 33.3 Å². The molecule has 0 unspecified atom stereocenters. The minimum absolute atomic E-state index is 0.324. The molecule has 21 heavy (non-hydrogen) atoms. The van der Waals surface area contributed by atoms with E-state index >= 15 is 0 Å². The fourth-order valence-corrected chi connectivity index (χ4v) is 2.61. The molecule has 0 bridgehead atoms. The zero-order valence-electron chi connectivity index (χ0n) is 12.3. The van der Waals surface area contributed by atoms with Crippen LogP contribution in [0, 0.1) is 5.92 Å². The molecule has 1 aromatic heterocycles. The van der Waals surface area contributed by atoms with E-state index in [1.165, 1.54) is 7.11 Å². The molecule has 0 spiro atoms. The SMILES string of the molecule is COC(=O)c1ccc(CSc2nnnn2CC(C)C)cc1. The summed E-state index contributed by atoms with van der Waals surface area (Å²) >= 11 is 1.58. The van der Waals surface area contributed by atoms with Crippen LogP contribution in [0.5, 0.6) is 0 Å². The van der Waals surface area contributed by atoms with Crippen LogP contribution in [-0.2, 0) is 17.0 Å². The lowest BCUT2D eigenvalue weighted by molar-refractivity contribution is 0.0600. The molecular formula is C14H18N4O2S. The second-order valence-corrected chi connectivity index (χ2v) is 5.96. The number of methoxy groups -OCH3 is 1. The Kier molecular flexibility index (Phi) is 5.32. The van der Waals surface area contributed by atoms with Gasteiger partial charge in [-0.1, -0.05) is 37.7 Å². The number of carbonyl (C=O) groups excluding carboxylic acids is 1. The van der Waals surface area contributed by atoms with E-state index in [4.69, 9.17) is 0 Å². The van der Waals surface area contributed by atoms with E-state index in [9.17, 15) is 4.79 Å². The number of tetrazole rings is 1. The first kappa shape index (κ1) is 15.5. The fourth-order valence-electron chi connectivity index (χ4n) is 1.76. The van der Waals surface area contributed by atoms with Crippen LogP contribution in [0.25, 0.3) is 0 Å². The summed E-state index contributed by atoms with van der Waals surface area (Å²) in [6, 6.07) is 7.35. The number of thioether (sulfide) groups is 1. The van der Waals surface area contributed by atoms with Crippen molar-refractivity contribution in [2.45, 2.75) is 31.3 Å². The quantitative estimate of drug-likeness (QED) is 0.603. The molecule has 2 rings (SSSR count). The van der Waals surface area contributed by atoms with Crippen LogP contribution in [0.1, 0.15) is 29.8 Å². The second-order valence-electron chi connectivity index (χ2n) is 5.01. The molecule has 7 heteroatoms. The highest BCUT2D eigenvalue weighted by Crippen LogP contribution is 2.21. The van der Waals surface area contributed by atoms with E-state index in [-0.39, 0.29) is 5.97 Å². The molecule has 1 aromatic carbocycles. The van der Waals surface area contributed by atoms with E-state index < -0.39 is 0 Å². The molecule has 0 atom stereocenters. The monoisotopic (exact) mass is 306 g/mol. The normalized spacial score (nSPS) is 10.9. The van der Waals surface area contributed by atoms with Crippen molar-refractivity contribution >= 4 is 17.7 Å². The molecule has 0 aliphatic heterocycles. The summed E-state index contributed by atoms with van der Waals surface area (Å²) in [5.41, 5.74) is 1.66. The number of carbonyl (C=O) groups is 1.